The number of hydrogen-bond acceptors (Lipinski definition) is 3. The molecule has 0 atom stereocenters. The van der Waals surface area contributed by atoms with Crippen molar-refractivity contribution in [2.45, 2.75) is 6.18 Å². The van der Waals surface area contributed by atoms with E-state index in [1.54, 1.807) is 0 Å². The number of carboxylic acid groups (broad SMARTS) is 1. The molecule has 0 fully saturated rings. The van der Waals surface area contributed by atoms with Gasteiger partial charge in [-0.2, -0.15) is 13.2 Å². The number of aromatic nitrogens is 1. The molecule has 1 heterocycles. The van der Waals surface area contributed by atoms with Gasteiger partial charge in [-0.1, -0.05) is 5.16 Å². The number of carbonyl (C=O) groups is 1. The monoisotopic (exact) mass is 231 g/mol. The molecule has 84 valence electrons. The highest BCUT2D eigenvalue weighted by atomic mass is 19.4. The highest BCUT2D eigenvalue weighted by Crippen LogP contribution is 2.34. The minimum atomic E-state index is -4.62. The first-order valence-corrected chi connectivity index (χ1v) is 4.09. The van der Waals surface area contributed by atoms with Crippen LogP contribution >= 0.6 is 0 Å². The summed E-state index contributed by atoms with van der Waals surface area (Å²) in [6.45, 7) is 0. The Kier molecular flexibility index (Phi) is 2.11. The second-order valence-corrected chi connectivity index (χ2v) is 3.05. The Balaban J connectivity index is 2.64. The highest BCUT2D eigenvalue weighted by Gasteiger charge is 2.37. The molecule has 0 spiro atoms. The number of alkyl halides is 3. The summed E-state index contributed by atoms with van der Waals surface area (Å²) in [7, 11) is 0. The lowest BCUT2D eigenvalue weighted by Crippen LogP contribution is -2.05. The normalized spacial score (nSPS) is 11.9. The molecule has 0 aliphatic carbocycles. The molecular weight excluding hydrogens is 227 g/mol. The minimum absolute atomic E-state index is 0.155. The predicted molar refractivity (Wildman–Crippen MR) is 46.0 cm³/mol. The maximum Gasteiger partial charge on any atom is 0.437 e. The van der Waals surface area contributed by atoms with E-state index < -0.39 is 17.8 Å². The number of hydrogen-bond donors (Lipinski definition) is 1. The summed E-state index contributed by atoms with van der Waals surface area (Å²) in [5.74, 6) is -1.24. The fourth-order valence-electron chi connectivity index (χ4n) is 1.27. The van der Waals surface area contributed by atoms with E-state index in [4.69, 9.17) is 5.11 Å². The van der Waals surface area contributed by atoms with E-state index in [0.717, 1.165) is 18.2 Å². The molecular formula is C9H4F3NO3. The van der Waals surface area contributed by atoms with E-state index in [2.05, 4.69) is 9.68 Å². The van der Waals surface area contributed by atoms with Gasteiger partial charge in [0.1, 0.15) is 0 Å². The molecule has 0 saturated carbocycles. The number of carboxylic acids is 1. The molecule has 0 saturated heterocycles. The van der Waals surface area contributed by atoms with Gasteiger partial charge in [-0.25, -0.2) is 4.79 Å². The van der Waals surface area contributed by atoms with Gasteiger partial charge in [-0.3, -0.25) is 0 Å². The first kappa shape index (κ1) is 10.5. The van der Waals surface area contributed by atoms with Crippen LogP contribution in [0.3, 0.4) is 0 Å². The van der Waals surface area contributed by atoms with Gasteiger partial charge in [0.15, 0.2) is 11.3 Å². The van der Waals surface area contributed by atoms with Crippen LogP contribution in [0, 0.1) is 0 Å². The summed E-state index contributed by atoms with van der Waals surface area (Å²) in [5, 5.41) is 11.2. The Hall–Kier alpha value is -2.05. The molecule has 2 aromatic rings. The third kappa shape index (κ3) is 1.60. The molecule has 2 rings (SSSR count). The first-order valence-electron chi connectivity index (χ1n) is 4.09. The standard InChI is InChI=1S/C9H4F3NO3/c10-9(11,12)7-5-2-1-4(8(14)15)3-6(5)16-13-7/h1-3H,(H,14,15). The van der Waals surface area contributed by atoms with Gasteiger partial charge in [0.25, 0.3) is 0 Å². The second kappa shape index (κ2) is 3.22. The van der Waals surface area contributed by atoms with Gasteiger partial charge >= 0.3 is 12.1 Å². The summed E-state index contributed by atoms with van der Waals surface area (Å²) in [6.07, 6.45) is -4.62. The lowest BCUT2D eigenvalue weighted by Gasteiger charge is -2.00. The van der Waals surface area contributed by atoms with E-state index in [-0.39, 0.29) is 16.5 Å². The quantitative estimate of drug-likeness (QED) is 0.819. The molecule has 0 amide bonds. The summed E-state index contributed by atoms with van der Waals surface area (Å²) in [5.41, 5.74) is -1.51. The van der Waals surface area contributed by atoms with E-state index >= 15 is 0 Å². The molecule has 0 unspecified atom stereocenters. The molecule has 4 nitrogen and oxygen atoms in total. The third-order valence-electron chi connectivity index (χ3n) is 1.99. The Morgan fingerprint density at radius 3 is 2.62 bits per heavy atom. The largest absolute Gasteiger partial charge is 0.478 e. The maximum absolute atomic E-state index is 12.4. The molecule has 0 aliphatic rings. The SMILES string of the molecule is O=C(O)c1ccc2c(C(F)(F)F)noc2c1. The number of rotatable bonds is 1. The molecule has 0 radical (unpaired) electrons. The van der Waals surface area contributed by atoms with Crippen molar-refractivity contribution < 1.29 is 27.6 Å². The van der Waals surface area contributed by atoms with Crippen molar-refractivity contribution >= 4 is 16.9 Å². The first-order chi connectivity index (χ1) is 7.39. The van der Waals surface area contributed by atoms with Gasteiger partial charge in [-0.05, 0) is 18.2 Å². The van der Waals surface area contributed by atoms with Gasteiger partial charge in [0.2, 0.25) is 0 Å². The van der Waals surface area contributed by atoms with Crippen LogP contribution in [0.5, 0.6) is 0 Å². The molecule has 1 N–H and O–H groups in total. The van der Waals surface area contributed by atoms with Crippen molar-refractivity contribution in [1.82, 2.24) is 5.16 Å². The summed E-state index contributed by atoms with van der Waals surface area (Å²) < 4.78 is 41.5. The van der Waals surface area contributed by atoms with Crippen LogP contribution in [0.25, 0.3) is 11.0 Å². The Morgan fingerprint density at radius 1 is 1.38 bits per heavy atom. The van der Waals surface area contributed by atoms with E-state index in [1.165, 1.54) is 0 Å². The highest BCUT2D eigenvalue weighted by molar-refractivity contribution is 5.93. The molecule has 0 aliphatic heterocycles. The van der Waals surface area contributed by atoms with Crippen molar-refractivity contribution in [2.24, 2.45) is 0 Å². The molecule has 0 bridgehead atoms. The fourth-order valence-corrected chi connectivity index (χ4v) is 1.27. The van der Waals surface area contributed by atoms with Crippen LogP contribution in [-0.4, -0.2) is 16.2 Å². The van der Waals surface area contributed by atoms with Crippen molar-refractivity contribution in [1.29, 1.82) is 0 Å². The summed E-state index contributed by atoms with van der Waals surface area (Å²) in [4.78, 5) is 10.6. The number of fused-ring (bicyclic) bond motifs is 1. The zero-order valence-corrected chi connectivity index (χ0v) is 7.58. The zero-order chi connectivity index (χ0) is 11.9. The molecule has 1 aromatic carbocycles. The van der Waals surface area contributed by atoms with Crippen LogP contribution in [0.2, 0.25) is 0 Å². The average molecular weight is 231 g/mol. The van der Waals surface area contributed by atoms with Gasteiger partial charge in [0, 0.05) is 0 Å². The van der Waals surface area contributed by atoms with E-state index in [9.17, 15) is 18.0 Å². The van der Waals surface area contributed by atoms with E-state index in [1.807, 2.05) is 0 Å². The van der Waals surface area contributed by atoms with Crippen molar-refractivity contribution in [3.05, 3.63) is 29.5 Å². The lowest BCUT2D eigenvalue weighted by atomic mass is 10.1. The number of halogens is 3. The number of nitrogens with zero attached hydrogens (tertiary/aromatic N) is 1. The Bertz CT molecular complexity index is 559. The zero-order valence-electron chi connectivity index (χ0n) is 7.58. The van der Waals surface area contributed by atoms with Gasteiger partial charge in [0.05, 0.1) is 10.9 Å². The Morgan fingerprint density at radius 2 is 2.06 bits per heavy atom. The summed E-state index contributed by atoms with van der Waals surface area (Å²) >= 11 is 0. The van der Waals surface area contributed by atoms with Crippen LogP contribution in [0.15, 0.2) is 22.7 Å². The van der Waals surface area contributed by atoms with Gasteiger partial charge in [-0.15, -0.1) is 0 Å². The number of benzene rings is 1. The van der Waals surface area contributed by atoms with Crippen LogP contribution in [0.1, 0.15) is 16.1 Å². The molecule has 1 aromatic heterocycles. The van der Waals surface area contributed by atoms with Gasteiger partial charge < -0.3 is 9.63 Å². The fraction of sp³-hybridized carbons (Fsp3) is 0.111. The van der Waals surface area contributed by atoms with Crippen molar-refractivity contribution in [3.63, 3.8) is 0 Å². The topological polar surface area (TPSA) is 63.3 Å². The molecule has 16 heavy (non-hydrogen) atoms. The maximum atomic E-state index is 12.4. The molecule has 7 heteroatoms. The number of aromatic carboxylic acids is 1. The predicted octanol–water partition coefficient (Wildman–Crippen LogP) is 2.54. The second-order valence-electron chi connectivity index (χ2n) is 3.05. The lowest BCUT2D eigenvalue weighted by molar-refractivity contribution is -0.141. The van der Waals surface area contributed by atoms with E-state index in [0.29, 0.717) is 0 Å². The Labute approximate surface area is 86.3 Å². The van der Waals surface area contributed by atoms with Crippen LogP contribution in [-0.2, 0) is 6.18 Å². The van der Waals surface area contributed by atoms with Crippen LogP contribution in [0.4, 0.5) is 13.2 Å². The third-order valence-corrected chi connectivity index (χ3v) is 1.99. The van der Waals surface area contributed by atoms with Crippen molar-refractivity contribution in [2.75, 3.05) is 0 Å². The average Bonchev–Trinajstić information content (AvgIpc) is 2.58. The van der Waals surface area contributed by atoms with Crippen molar-refractivity contribution in [3.8, 4) is 0 Å². The minimum Gasteiger partial charge on any atom is -0.478 e. The summed E-state index contributed by atoms with van der Waals surface area (Å²) in [6, 6.07) is 3.09. The van der Waals surface area contributed by atoms with Crippen LogP contribution < -0.4 is 0 Å². The smallest absolute Gasteiger partial charge is 0.437 e.